The van der Waals surface area contributed by atoms with Crippen molar-refractivity contribution in [1.29, 1.82) is 0 Å². The van der Waals surface area contributed by atoms with Crippen LogP contribution in [0.4, 0.5) is 13.2 Å². The third kappa shape index (κ3) is 7.77. The van der Waals surface area contributed by atoms with Gasteiger partial charge in [-0.2, -0.15) is 13.2 Å². The largest absolute Gasteiger partial charge is 0.469 e. The van der Waals surface area contributed by atoms with E-state index in [1.54, 1.807) is 31.5 Å². The molecule has 1 aromatic heterocycles. The lowest BCUT2D eigenvalue weighted by Gasteiger charge is -2.14. The van der Waals surface area contributed by atoms with Crippen molar-refractivity contribution in [1.82, 2.24) is 9.97 Å². The molecular weight excluding hydrogens is 456 g/mol. The van der Waals surface area contributed by atoms with Gasteiger partial charge < -0.3 is 9.53 Å². The Kier molecular flexibility index (Phi) is 9.17. The Bertz CT molecular complexity index is 1150. The normalized spacial score (nSPS) is 11.2. The number of nitrogens with zero attached hydrogens (tertiary/aromatic N) is 2. The summed E-state index contributed by atoms with van der Waals surface area (Å²) in [6, 6.07) is 14.8. The van der Waals surface area contributed by atoms with Gasteiger partial charge in [0, 0.05) is 12.6 Å². The maximum absolute atomic E-state index is 13.6. The molecule has 0 atom stereocenters. The smallest absolute Gasteiger partial charge is 0.419 e. The number of carbonyl (C=O) groups excluding carboxylic acids is 2. The van der Waals surface area contributed by atoms with Crippen LogP contribution in [-0.2, 0) is 52.6 Å². The molecule has 0 saturated heterocycles. The van der Waals surface area contributed by atoms with Crippen molar-refractivity contribution in [3.8, 4) is 0 Å². The van der Waals surface area contributed by atoms with Crippen molar-refractivity contribution < 1.29 is 27.5 Å². The number of ether oxygens (including phenoxy) is 1. The van der Waals surface area contributed by atoms with Gasteiger partial charge in [0.05, 0.1) is 31.0 Å². The minimum atomic E-state index is -4.57. The molecule has 35 heavy (non-hydrogen) atoms. The lowest BCUT2D eigenvalue weighted by Crippen LogP contribution is -2.15. The second kappa shape index (κ2) is 12.3. The molecule has 3 rings (SSSR count). The summed E-state index contributed by atoms with van der Waals surface area (Å²) in [5.74, 6) is -0.108. The van der Waals surface area contributed by atoms with E-state index < -0.39 is 17.7 Å². The summed E-state index contributed by atoms with van der Waals surface area (Å²) in [6.07, 6.45) is -0.878. The van der Waals surface area contributed by atoms with E-state index in [2.05, 4.69) is 9.97 Å². The first-order chi connectivity index (χ1) is 16.8. The van der Waals surface area contributed by atoms with Gasteiger partial charge >= 0.3 is 12.1 Å². The van der Waals surface area contributed by atoms with E-state index in [9.17, 15) is 22.8 Å². The molecule has 0 aliphatic carbocycles. The van der Waals surface area contributed by atoms with E-state index in [1.165, 1.54) is 7.11 Å². The minimum absolute atomic E-state index is 0.0503. The third-order valence-corrected chi connectivity index (χ3v) is 5.62. The molecule has 2 aromatic carbocycles. The summed E-state index contributed by atoms with van der Waals surface area (Å²) in [4.78, 5) is 30.3. The number of benzene rings is 2. The molecule has 3 aromatic rings. The topological polar surface area (TPSA) is 69.2 Å². The second-order valence-corrected chi connectivity index (χ2v) is 8.07. The lowest BCUT2D eigenvalue weighted by molar-refractivity contribution is -0.140. The molecule has 0 aliphatic heterocycles. The number of aryl methyl sites for hydroxylation is 3. The summed E-state index contributed by atoms with van der Waals surface area (Å²) in [6.45, 7) is 0. The fourth-order valence-electron chi connectivity index (χ4n) is 3.75. The van der Waals surface area contributed by atoms with Gasteiger partial charge in [-0.15, -0.1) is 0 Å². The van der Waals surface area contributed by atoms with Gasteiger partial charge in [0.2, 0.25) is 0 Å². The number of aromatic nitrogens is 2. The van der Waals surface area contributed by atoms with E-state index in [0.717, 1.165) is 35.5 Å². The van der Waals surface area contributed by atoms with Crippen LogP contribution < -0.4 is 0 Å². The molecule has 0 saturated carbocycles. The predicted octanol–water partition coefficient (Wildman–Crippen LogP) is 4.44. The predicted molar refractivity (Wildman–Crippen MR) is 127 cm³/mol. The maximum Gasteiger partial charge on any atom is 0.419 e. The average molecular weight is 481 g/mol. The van der Waals surface area contributed by atoms with Gasteiger partial charge in [0.1, 0.15) is 5.82 Å². The van der Waals surface area contributed by atoms with Crippen LogP contribution in [0.3, 0.4) is 0 Å². The number of halogens is 3. The van der Waals surface area contributed by atoms with Crippen LogP contribution in [0.1, 0.15) is 39.3 Å². The first-order valence-electron chi connectivity index (χ1n) is 11.2. The highest BCUT2D eigenvalue weighted by Crippen LogP contribution is 2.31. The molecular formula is C26H25BF3N2O3. The summed E-state index contributed by atoms with van der Waals surface area (Å²) >= 11 is 0. The van der Waals surface area contributed by atoms with Gasteiger partial charge in [0.15, 0.2) is 7.28 Å². The van der Waals surface area contributed by atoms with Gasteiger partial charge in [0.25, 0.3) is 0 Å². The quantitative estimate of drug-likeness (QED) is 0.175. The molecule has 0 amide bonds. The maximum atomic E-state index is 13.6. The molecule has 0 unspecified atom stereocenters. The number of alkyl halides is 3. The van der Waals surface area contributed by atoms with Crippen LogP contribution in [0, 0.1) is 0 Å². The highest BCUT2D eigenvalue weighted by Gasteiger charge is 2.34. The molecule has 5 nitrogen and oxygen atoms in total. The van der Waals surface area contributed by atoms with Gasteiger partial charge in [-0.25, -0.2) is 9.97 Å². The fourth-order valence-corrected chi connectivity index (χ4v) is 3.75. The van der Waals surface area contributed by atoms with Crippen molar-refractivity contribution in [2.45, 2.75) is 44.6 Å². The zero-order chi connectivity index (χ0) is 25.3. The van der Waals surface area contributed by atoms with Gasteiger partial charge in [-0.05, 0) is 41.5 Å². The third-order valence-electron chi connectivity index (χ3n) is 5.62. The Balaban J connectivity index is 1.78. The van der Waals surface area contributed by atoms with E-state index >= 15 is 0 Å². The van der Waals surface area contributed by atoms with Crippen LogP contribution in [-0.4, -0.2) is 36.5 Å². The molecule has 0 bridgehead atoms. The SMILES string of the molecule is COC(=O)Cc1ccccc1CCc1nc(Cc2ccc(CC[B]C=O)cc2)ncc1C(F)(F)F. The van der Waals surface area contributed by atoms with Crippen molar-refractivity contribution in [2.24, 2.45) is 0 Å². The Morgan fingerprint density at radius 1 is 1.00 bits per heavy atom. The number of hydrogen-bond acceptors (Lipinski definition) is 5. The molecule has 1 heterocycles. The van der Waals surface area contributed by atoms with E-state index in [4.69, 9.17) is 4.74 Å². The molecule has 9 heteroatoms. The van der Waals surface area contributed by atoms with Crippen LogP contribution in [0.25, 0.3) is 0 Å². The lowest BCUT2D eigenvalue weighted by atomic mass is 9.75. The Morgan fingerprint density at radius 2 is 1.69 bits per heavy atom. The molecule has 0 fully saturated rings. The van der Waals surface area contributed by atoms with E-state index in [-0.39, 0.29) is 18.5 Å². The number of esters is 1. The molecule has 181 valence electrons. The van der Waals surface area contributed by atoms with Crippen LogP contribution >= 0.6 is 0 Å². The zero-order valence-corrected chi connectivity index (χ0v) is 19.3. The van der Waals surface area contributed by atoms with Crippen molar-refractivity contribution in [3.63, 3.8) is 0 Å². The summed E-state index contributed by atoms with van der Waals surface area (Å²) in [5.41, 5.74) is 2.50. The fraction of sp³-hybridized carbons (Fsp3) is 0.308. The summed E-state index contributed by atoms with van der Waals surface area (Å²) < 4.78 is 45.6. The van der Waals surface area contributed by atoms with E-state index in [1.807, 2.05) is 24.3 Å². The minimum Gasteiger partial charge on any atom is -0.469 e. The Morgan fingerprint density at radius 3 is 2.34 bits per heavy atom. The molecule has 0 spiro atoms. The second-order valence-electron chi connectivity index (χ2n) is 8.07. The Labute approximate surface area is 203 Å². The first-order valence-corrected chi connectivity index (χ1v) is 11.2. The highest BCUT2D eigenvalue weighted by molar-refractivity contribution is 6.66. The number of methoxy groups -OCH3 is 1. The van der Waals surface area contributed by atoms with Gasteiger partial charge in [-0.3, -0.25) is 4.79 Å². The van der Waals surface area contributed by atoms with Crippen molar-refractivity contribution >= 4 is 19.4 Å². The molecule has 0 aliphatic rings. The number of rotatable bonds is 11. The Hall–Kier alpha value is -3.49. The number of hydrogen-bond donors (Lipinski definition) is 0. The van der Waals surface area contributed by atoms with Crippen LogP contribution in [0.2, 0.25) is 6.32 Å². The first kappa shape index (κ1) is 26.1. The van der Waals surface area contributed by atoms with Crippen molar-refractivity contribution in [2.75, 3.05) is 7.11 Å². The van der Waals surface area contributed by atoms with Crippen molar-refractivity contribution in [3.05, 3.63) is 94.1 Å². The van der Waals surface area contributed by atoms with Crippen LogP contribution in [0.15, 0.2) is 54.7 Å². The van der Waals surface area contributed by atoms with Gasteiger partial charge in [-0.1, -0.05) is 54.9 Å². The summed E-state index contributed by atoms with van der Waals surface area (Å²) in [5, 5.41) is 0. The standard InChI is InChI=1S/C26H25BF3N2O3/c1-35-25(34)15-21-5-3-2-4-20(21)10-11-23-22(26(28,29)30)16-31-24(32-23)14-19-8-6-18(7-9-19)12-13-27-17-33/h2-9,16-17H,10-15H2,1H3. The molecule has 0 N–H and O–H groups in total. The average Bonchev–Trinajstić information content (AvgIpc) is 2.84. The summed E-state index contributed by atoms with van der Waals surface area (Å²) in [7, 11) is 2.85. The van der Waals surface area contributed by atoms with Crippen LogP contribution in [0.5, 0.6) is 0 Å². The monoisotopic (exact) mass is 481 g/mol. The zero-order valence-electron chi connectivity index (χ0n) is 19.3. The highest BCUT2D eigenvalue weighted by atomic mass is 19.4. The molecule has 1 radical (unpaired) electrons. The van der Waals surface area contributed by atoms with E-state index in [0.29, 0.717) is 30.5 Å². The number of carbonyl (C=O) groups is 2.